The second kappa shape index (κ2) is 9.24. The number of hydrogen-bond acceptors (Lipinski definition) is 7. The lowest BCUT2D eigenvalue weighted by Gasteiger charge is -2.20. The highest BCUT2D eigenvalue weighted by molar-refractivity contribution is 5.97. The van der Waals surface area contributed by atoms with Crippen LogP contribution >= 0.6 is 0 Å². The number of anilines is 3. The summed E-state index contributed by atoms with van der Waals surface area (Å²) in [6.45, 7) is 3.75. The van der Waals surface area contributed by atoms with Crippen molar-refractivity contribution in [3.8, 4) is 5.69 Å². The van der Waals surface area contributed by atoms with Crippen molar-refractivity contribution >= 4 is 29.1 Å². The predicted octanol–water partition coefficient (Wildman–Crippen LogP) is 2.03. The number of carbonyl (C=O) groups excluding carboxylic acids is 2. The van der Waals surface area contributed by atoms with Crippen LogP contribution in [0.1, 0.15) is 24.3 Å². The maximum Gasteiger partial charge on any atom is 0.275 e. The van der Waals surface area contributed by atoms with Crippen LogP contribution in [0, 0.1) is 5.92 Å². The lowest BCUT2D eigenvalue weighted by molar-refractivity contribution is -0.119. The number of imidazole rings is 1. The first-order valence-electron chi connectivity index (χ1n) is 9.76. The first kappa shape index (κ1) is 21.8. The second-order valence-corrected chi connectivity index (χ2v) is 7.56. The summed E-state index contributed by atoms with van der Waals surface area (Å²) >= 11 is 0. The van der Waals surface area contributed by atoms with Crippen molar-refractivity contribution in [2.24, 2.45) is 11.7 Å². The number of amides is 2. The Morgan fingerprint density at radius 1 is 1.16 bits per heavy atom. The molecule has 4 N–H and O–H groups in total. The van der Waals surface area contributed by atoms with E-state index in [1.165, 1.54) is 11.1 Å². The Kier molecular flexibility index (Phi) is 6.49. The zero-order chi connectivity index (χ0) is 22.5. The van der Waals surface area contributed by atoms with Crippen molar-refractivity contribution in [1.82, 2.24) is 24.4 Å². The minimum atomic E-state index is -0.619. The molecular formula is C21H26N8O2. The van der Waals surface area contributed by atoms with E-state index in [0.717, 1.165) is 11.4 Å². The molecule has 162 valence electrons. The fraction of sp³-hybridized carbons (Fsp3) is 0.286. The number of aromatic nitrogens is 4. The van der Waals surface area contributed by atoms with Crippen molar-refractivity contribution in [2.75, 3.05) is 24.7 Å². The zero-order valence-corrected chi connectivity index (χ0v) is 17.9. The van der Waals surface area contributed by atoms with Crippen molar-refractivity contribution in [3.05, 3.63) is 54.9 Å². The molecule has 2 heterocycles. The van der Waals surface area contributed by atoms with Crippen LogP contribution in [0.3, 0.4) is 0 Å². The molecule has 0 bridgehead atoms. The van der Waals surface area contributed by atoms with Gasteiger partial charge in [-0.3, -0.25) is 9.59 Å². The summed E-state index contributed by atoms with van der Waals surface area (Å²) < 4.78 is 1.88. The van der Waals surface area contributed by atoms with Crippen LogP contribution in [0.25, 0.3) is 5.69 Å². The van der Waals surface area contributed by atoms with Crippen molar-refractivity contribution in [2.45, 2.75) is 19.9 Å². The van der Waals surface area contributed by atoms with Gasteiger partial charge < -0.3 is 25.8 Å². The van der Waals surface area contributed by atoms with Crippen LogP contribution in [0.2, 0.25) is 0 Å². The van der Waals surface area contributed by atoms with Gasteiger partial charge in [0, 0.05) is 37.9 Å². The van der Waals surface area contributed by atoms with Gasteiger partial charge in [0.05, 0.1) is 12.5 Å². The normalized spacial score (nSPS) is 11.8. The summed E-state index contributed by atoms with van der Waals surface area (Å²) in [5.74, 6) is -0.229. The lowest BCUT2D eigenvalue weighted by Crippen LogP contribution is -2.39. The van der Waals surface area contributed by atoms with Crippen molar-refractivity contribution in [3.63, 3.8) is 0 Å². The number of nitrogens with two attached hydrogens (primary N) is 1. The van der Waals surface area contributed by atoms with Gasteiger partial charge in [-0.1, -0.05) is 13.8 Å². The van der Waals surface area contributed by atoms with Gasteiger partial charge in [0.25, 0.3) is 5.91 Å². The van der Waals surface area contributed by atoms with Crippen LogP contribution in [-0.4, -0.2) is 56.4 Å². The first-order valence-corrected chi connectivity index (χ1v) is 9.76. The van der Waals surface area contributed by atoms with Gasteiger partial charge in [-0.15, -0.1) is 0 Å². The van der Waals surface area contributed by atoms with Gasteiger partial charge >= 0.3 is 0 Å². The Hall–Kier alpha value is -3.95. The van der Waals surface area contributed by atoms with Crippen molar-refractivity contribution in [1.29, 1.82) is 0 Å². The molecular weight excluding hydrogens is 396 g/mol. The van der Waals surface area contributed by atoms with E-state index in [2.05, 4.69) is 25.6 Å². The van der Waals surface area contributed by atoms with E-state index in [1.807, 2.05) is 48.9 Å². The van der Waals surface area contributed by atoms with Crippen LogP contribution in [0.5, 0.6) is 0 Å². The van der Waals surface area contributed by atoms with E-state index < -0.39 is 11.9 Å². The molecule has 0 saturated carbocycles. The quantitative estimate of drug-likeness (QED) is 0.506. The Balaban J connectivity index is 1.91. The smallest absolute Gasteiger partial charge is 0.275 e. The SMILES string of the molecule is CC(C)[C@@H](Nc1cnc(C(=O)N(C)C)c(Nc2ccc(-n3ccnc3)cc2)n1)C(N)=O. The Morgan fingerprint density at radius 2 is 1.87 bits per heavy atom. The maximum atomic E-state index is 12.6. The largest absolute Gasteiger partial charge is 0.368 e. The molecule has 31 heavy (non-hydrogen) atoms. The Labute approximate surface area is 180 Å². The minimum absolute atomic E-state index is 0.0467. The predicted molar refractivity (Wildman–Crippen MR) is 118 cm³/mol. The van der Waals surface area contributed by atoms with Gasteiger partial charge in [-0.25, -0.2) is 15.0 Å². The van der Waals surface area contributed by atoms with Gasteiger partial charge in [0.2, 0.25) is 5.91 Å². The average molecular weight is 422 g/mol. The number of nitrogens with zero attached hydrogens (tertiary/aromatic N) is 5. The third-order valence-electron chi connectivity index (χ3n) is 4.59. The molecule has 3 rings (SSSR count). The third kappa shape index (κ3) is 5.16. The number of carbonyl (C=O) groups is 2. The zero-order valence-electron chi connectivity index (χ0n) is 17.9. The molecule has 0 saturated heterocycles. The topological polar surface area (TPSA) is 131 Å². The fourth-order valence-electron chi connectivity index (χ4n) is 2.91. The van der Waals surface area contributed by atoms with E-state index in [4.69, 9.17) is 5.73 Å². The van der Waals surface area contributed by atoms with E-state index in [1.54, 1.807) is 26.6 Å². The van der Waals surface area contributed by atoms with E-state index >= 15 is 0 Å². The molecule has 10 nitrogen and oxygen atoms in total. The van der Waals surface area contributed by atoms with Crippen LogP contribution in [0.4, 0.5) is 17.3 Å². The highest BCUT2D eigenvalue weighted by atomic mass is 16.2. The molecule has 0 radical (unpaired) electrons. The number of rotatable bonds is 8. The Bertz CT molecular complexity index is 1050. The summed E-state index contributed by atoms with van der Waals surface area (Å²) in [5.41, 5.74) is 7.31. The summed E-state index contributed by atoms with van der Waals surface area (Å²) in [6, 6.07) is 6.93. The molecule has 1 aromatic carbocycles. The molecule has 10 heteroatoms. The van der Waals surface area contributed by atoms with E-state index in [-0.39, 0.29) is 23.3 Å². The number of primary amides is 1. The maximum absolute atomic E-state index is 12.6. The summed E-state index contributed by atoms with van der Waals surface area (Å²) in [7, 11) is 3.28. The molecule has 2 amide bonds. The fourth-order valence-corrected chi connectivity index (χ4v) is 2.91. The Morgan fingerprint density at radius 3 is 2.42 bits per heavy atom. The van der Waals surface area contributed by atoms with Crippen LogP contribution < -0.4 is 16.4 Å². The third-order valence-corrected chi connectivity index (χ3v) is 4.59. The molecule has 1 atom stereocenters. The lowest BCUT2D eigenvalue weighted by atomic mass is 10.0. The highest BCUT2D eigenvalue weighted by Gasteiger charge is 2.22. The molecule has 0 fully saturated rings. The monoisotopic (exact) mass is 422 g/mol. The van der Waals surface area contributed by atoms with Gasteiger partial charge in [0.15, 0.2) is 11.5 Å². The van der Waals surface area contributed by atoms with Gasteiger partial charge in [-0.2, -0.15) is 0 Å². The molecule has 3 aromatic rings. The molecule has 2 aromatic heterocycles. The summed E-state index contributed by atoms with van der Waals surface area (Å²) in [4.78, 5) is 38.6. The molecule has 0 aliphatic heterocycles. The number of benzene rings is 1. The molecule has 0 unspecified atom stereocenters. The van der Waals surface area contributed by atoms with Gasteiger partial charge in [-0.05, 0) is 30.2 Å². The van der Waals surface area contributed by atoms with Crippen LogP contribution in [-0.2, 0) is 4.79 Å². The second-order valence-electron chi connectivity index (χ2n) is 7.56. The van der Waals surface area contributed by atoms with E-state index in [9.17, 15) is 9.59 Å². The molecule has 0 aliphatic rings. The summed E-state index contributed by atoms with van der Waals surface area (Å²) in [6.07, 6.45) is 6.68. The minimum Gasteiger partial charge on any atom is -0.368 e. The number of nitrogens with one attached hydrogen (secondary N) is 2. The number of hydrogen-bond donors (Lipinski definition) is 3. The van der Waals surface area contributed by atoms with Gasteiger partial charge in [0.1, 0.15) is 11.9 Å². The van der Waals surface area contributed by atoms with Crippen LogP contribution in [0.15, 0.2) is 49.2 Å². The standard InChI is InChI=1S/C21H26N8O2/c1-13(2)17(19(22)30)26-16-11-24-18(21(31)28(3)4)20(27-16)25-14-5-7-15(8-6-14)29-10-9-23-12-29/h5-13,17H,1-4H3,(H2,22,30)(H2,25,26,27)/t17-/m1/s1. The molecule has 0 aliphatic carbocycles. The average Bonchev–Trinajstić information content (AvgIpc) is 3.26. The van der Waals surface area contributed by atoms with E-state index in [0.29, 0.717) is 5.82 Å². The molecule has 0 spiro atoms. The summed E-state index contributed by atoms with van der Waals surface area (Å²) in [5, 5.41) is 6.15. The first-order chi connectivity index (χ1) is 14.8. The van der Waals surface area contributed by atoms with Crippen molar-refractivity contribution < 1.29 is 9.59 Å². The highest BCUT2D eigenvalue weighted by Crippen LogP contribution is 2.22.